The summed E-state index contributed by atoms with van der Waals surface area (Å²) in [6.07, 6.45) is 2.56. The van der Waals surface area contributed by atoms with Crippen LogP contribution in [0.2, 0.25) is 0 Å². The Hall–Kier alpha value is -3.39. The first-order valence-electron chi connectivity index (χ1n) is 8.21. The zero-order valence-electron chi connectivity index (χ0n) is 13.8. The number of fused-ring (bicyclic) bond motifs is 1. The Kier molecular flexibility index (Phi) is 3.79. The SMILES string of the molecule is CC1Cc2ccccc2N1c1cc(Nc2ccccc2C#N)ncn1. The zero-order valence-corrected chi connectivity index (χ0v) is 13.8. The molecular weight excluding hydrogens is 310 g/mol. The molecule has 5 heteroatoms. The molecule has 1 atom stereocenters. The Morgan fingerprint density at radius 3 is 2.80 bits per heavy atom. The van der Waals surface area contributed by atoms with Crippen LogP contribution in [0.25, 0.3) is 0 Å². The fourth-order valence-electron chi connectivity index (χ4n) is 3.29. The van der Waals surface area contributed by atoms with E-state index in [2.05, 4.69) is 51.4 Å². The van der Waals surface area contributed by atoms with Crippen LogP contribution in [0.3, 0.4) is 0 Å². The summed E-state index contributed by atoms with van der Waals surface area (Å²) in [6.45, 7) is 2.19. The quantitative estimate of drug-likeness (QED) is 0.782. The number of hydrogen-bond acceptors (Lipinski definition) is 5. The third-order valence-electron chi connectivity index (χ3n) is 4.42. The monoisotopic (exact) mass is 327 g/mol. The van der Waals surface area contributed by atoms with Crippen molar-refractivity contribution in [2.75, 3.05) is 10.2 Å². The Balaban J connectivity index is 1.68. The van der Waals surface area contributed by atoms with Gasteiger partial charge in [-0.15, -0.1) is 0 Å². The highest BCUT2D eigenvalue weighted by Crippen LogP contribution is 2.37. The lowest BCUT2D eigenvalue weighted by Gasteiger charge is -2.24. The molecule has 1 unspecified atom stereocenters. The molecule has 0 bridgehead atoms. The molecule has 0 saturated carbocycles. The molecule has 25 heavy (non-hydrogen) atoms. The van der Waals surface area contributed by atoms with Gasteiger partial charge in [0, 0.05) is 17.8 Å². The molecule has 1 aliphatic rings. The molecule has 0 fully saturated rings. The smallest absolute Gasteiger partial charge is 0.138 e. The van der Waals surface area contributed by atoms with Crippen LogP contribution < -0.4 is 10.2 Å². The Morgan fingerprint density at radius 2 is 1.92 bits per heavy atom. The van der Waals surface area contributed by atoms with Crippen LogP contribution in [0.15, 0.2) is 60.9 Å². The van der Waals surface area contributed by atoms with Gasteiger partial charge in [-0.3, -0.25) is 0 Å². The molecule has 1 aliphatic heterocycles. The van der Waals surface area contributed by atoms with Crippen LogP contribution in [-0.2, 0) is 6.42 Å². The molecule has 1 N–H and O–H groups in total. The lowest BCUT2D eigenvalue weighted by atomic mass is 10.1. The van der Waals surface area contributed by atoms with Gasteiger partial charge in [-0.25, -0.2) is 9.97 Å². The molecule has 122 valence electrons. The minimum absolute atomic E-state index is 0.339. The standard InChI is InChI=1S/C20H17N5/c1-14-10-15-6-3-5-9-18(15)25(14)20-11-19(22-13-23-20)24-17-8-4-2-7-16(17)12-21/h2-9,11,13-14H,10H2,1H3,(H,22,23,24). The summed E-state index contributed by atoms with van der Waals surface area (Å²) in [5.74, 6) is 1.52. The lowest BCUT2D eigenvalue weighted by molar-refractivity contribution is 0.749. The van der Waals surface area contributed by atoms with Gasteiger partial charge in [0.2, 0.25) is 0 Å². The Labute approximate surface area is 146 Å². The maximum absolute atomic E-state index is 9.24. The molecule has 0 aliphatic carbocycles. The van der Waals surface area contributed by atoms with Crippen molar-refractivity contribution in [2.45, 2.75) is 19.4 Å². The maximum atomic E-state index is 9.24. The van der Waals surface area contributed by atoms with E-state index < -0.39 is 0 Å². The summed E-state index contributed by atoms with van der Waals surface area (Å²) in [7, 11) is 0. The fourth-order valence-corrected chi connectivity index (χ4v) is 3.29. The van der Waals surface area contributed by atoms with Crippen molar-refractivity contribution in [1.29, 1.82) is 5.26 Å². The third kappa shape index (κ3) is 2.79. The summed E-state index contributed by atoms with van der Waals surface area (Å²) in [5, 5.41) is 12.5. The van der Waals surface area contributed by atoms with E-state index in [0.717, 1.165) is 17.9 Å². The van der Waals surface area contributed by atoms with Gasteiger partial charge in [-0.1, -0.05) is 30.3 Å². The highest BCUT2D eigenvalue weighted by molar-refractivity contribution is 5.72. The first-order chi connectivity index (χ1) is 12.3. The average Bonchev–Trinajstić information content (AvgIpc) is 2.98. The van der Waals surface area contributed by atoms with Crippen molar-refractivity contribution >= 4 is 23.0 Å². The maximum Gasteiger partial charge on any atom is 0.138 e. The summed E-state index contributed by atoms with van der Waals surface area (Å²) in [5.41, 5.74) is 3.85. The first-order valence-corrected chi connectivity index (χ1v) is 8.21. The van der Waals surface area contributed by atoms with Crippen LogP contribution >= 0.6 is 0 Å². The summed E-state index contributed by atoms with van der Waals surface area (Å²) in [6, 6.07) is 20.2. The van der Waals surface area contributed by atoms with Crippen molar-refractivity contribution in [1.82, 2.24) is 9.97 Å². The number of hydrogen-bond donors (Lipinski definition) is 1. The second-order valence-corrected chi connectivity index (χ2v) is 6.10. The Bertz CT molecular complexity index is 960. The second-order valence-electron chi connectivity index (χ2n) is 6.10. The van der Waals surface area contributed by atoms with E-state index >= 15 is 0 Å². The van der Waals surface area contributed by atoms with E-state index in [9.17, 15) is 5.26 Å². The van der Waals surface area contributed by atoms with E-state index in [1.54, 1.807) is 12.4 Å². The van der Waals surface area contributed by atoms with Gasteiger partial charge in [-0.05, 0) is 37.1 Å². The van der Waals surface area contributed by atoms with E-state index in [-0.39, 0.29) is 0 Å². The predicted molar refractivity (Wildman–Crippen MR) is 98.2 cm³/mol. The van der Waals surface area contributed by atoms with Gasteiger partial charge in [-0.2, -0.15) is 5.26 Å². The van der Waals surface area contributed by atoms with Crippen molar-refractivity contribution in [2.24, 2.45) is 0 Å². The van der Waals surface area contributed by atoms with Gasteiger partial charge in [0.25, 0.3) is 0 Å². The minimum Gasteiger partial charge on any atom is -0.339 e. The summed E-state index contributed by atoms with van der Waals surface area (Å²) < 4.78 is 0. The number of para-hydroxylation sites is 2. The van der Waals surface area contributed by atoms with Gasteiger partial charge in [0.15, 0.2) is 0 Å². The molecule has 0 spiro atoms. The lowest BCUT2D eigenvalue weighted by Crippen LogP contribution is -2.24. The second kappa shape index (κ2) is 6.25. The normalized spacial score (nSPS) is 15.5. The van der Waals surface area contributed by atoms with E-state index in [1.165, 1.54) is 11.3 Å². The van der Waals surface area contributed by atoms with E-state index in [0.29, 0.717) is 17.4 Å². The molecule has 5 nitrogen and oxygen atoms in total. The number of nitrogens with zero attached hydrogens (tertiary/aromatic N) is 4. The molecule has 4 rings (SSSR count). The van der Waals surface area contributed by atoms with E-state index in [4.69, 9.17) is 0 Å². The number of nitriles is 1. The van der Waals surface area contributed by atoms with Crippen LogP contribution in [0.5, 0.6) is 0 Å². The first kappa shape index (κ1) is 15.2. The number of anilines is 4. The van der Waals surface area contributed by atoms with Crippen LogP contribution in [0.1, 0.15) is 18.1 Å². The van der Waals surface area contributed by atoms with Gasteiger partial charge in [0.1, 0.15) is 24.0 Å². The topological polar surface area (TPSA) is 64.8 Å². The Morgan fingerprint density at radius 1 is 1.12 bits per heavy atom. The molecule has 1 aromatic heterocycles. The largest absolute Gasteiger partial charge is 0.339 e. The molecular formula is C20H17N5. The highest BCUT2D eigenvalue weighted by atomic mass is 15.2. The summed E-state index contributed by atoms with van der Waals surface area (Å²) in [4.78, 5) is 11.0. The molecule has 2 heterocycles. The number of benzene rings is 2. The summed E-state index contributed by atoms with van der Waals surface area (Å²) >= 11 is 0. The average molecular weight is 327 g/mol. The number of aromatic nitrogens is 2. The number of rotatable bonds is 3. The molecule has 3 aromatic rings. The highest BCUT2D eigenvalue weighted by Gasteiger charge is 2.27. The molecule has 0 amide bonds. The van der Waals surface area contributed by atoms with Crippen molar-refractivity contribution in [3.63, 3.8) is 0 Å². The van der Waals surface area contributed by atoms with Crippen LogP contribution in [0.4, 0.5) is 23.0 Å². The van der Waals surface area contributed by atoms with Crippen LogP contribution in [0, 0.1) is 11.3 Å². The van der Waals surface area contributed by atoms with E-state index in [1.807, 2.05) is 30.3 Å². The molecule has 0 saturated heterocycles. The number of nitrogens with one attached hydrogen (secondary N) is 1. The minimum atomic E-state index is 0.339. The van der Waals surface area contributed by atoms with Crippen LogP contribution in [-0.4, -0.2) is 16.0 Å². The third-order valence-corrected chi connectivity index (χ3v) is 4.42. The van der Waals surface area contributed by atoms with Gasteiger partial charge < -0.3 is 10.2 Å². The van der Waals surface area contributed by atoms with Crippen molar-refractivity contribution < 1.29 is 0 Å². The van der Waals surface area contributed by atoms with Gasteiger partial charge >= 0.3 is 0 Å². The van der Waals surface area contributed by atoms with Crippen molar-refractivity contribution in [3.8, 4) is 6.07 Å². The fraction of sp³-hybridized carbons (Fsp3) is 0.150. The molecule has 2 aromatic carbocycles. The van der Waals surface area contributed by atoms with Gasteiger partial charge in [0.05, 0.1) is 11.3 Å². The zero-order chi connectivity index (χ0) is 17.2. The molecule has 0 radical (unpaired) electrons. The van der Waals surface area contributed by atoms with Crippen molar-refractivity contribution in [3.05, 3.63) is 72.1 Å². The predicted octanol–water partition coefficient (Wildman–Crippen LogP) is 4.17.